The standard InChI is InChI=1S/C5H5NOS/c7-4-1-2-6-5(8)3-4/h1-3H,(H2,6,7,8). The van der Waals surface area contributed by atoms with Gasteiger partial charge in [0, 0.05) is 12.3 Å². The van der Waals surface area contributed by atoms with Gasteiger partial charge in [-0.3, -0.25) is 0 Å². The number of aromatic amines is 1. The molecular weight excluding hydrogens is 122 g/mol. The summed E-state index contributed by atoms with van der Waals surface area (Å²) >= 11 is 4.68. The molecule has 0 atom stereocenters. The van der Waals surface area contributed by atoms with Gasteiger partial charge in [0.25, 0.3) is 0 Å². The van der Waals surface area contributed by atoms with Gasteiger partial charge in [0.2, 0.25) is 0 Å². The second-order valence-electron chi connectivity index (χ2n) is 1.41. The summed E-state index contributed by atoms with van der Waals surface area (Å²) in [6.07, 6.45) is 1.59. The molecule has 1 aromatic heterocycles. The molecule has 0 fully saturated rings. The zero-order valence-corrected chi connectivity index (χ0v) is 4.90. The summed E-state index contributed by atoms with van der Waals surface area (Å²) < 4.78 is 0.546. The number of H-pyrrole nitrogens is 1. The first kappa shape index (κ1) is 5.31. The highest BCUT2D eigenvalue weighted by Crippen LogP contribution is 2.02. The molecular formula is C5H5NOS. The molecule has 0 aromatic carbocycles. The molecule has 0 aliphatic carbocycles. The van der Waals surface area contributed by atoms with Gasteiger partial charge in [-0.1, -0.05) is 12.2 Å². The molecule has 0 saturated heterocycles. The number of aromatic hydroxyl groups is 1. The largest absolute Gasteiger partial charge is 0.508 e. The minimum absolute atomic E-state index is 0.203. The Labute approximate surface area is 51.8 Å². The molecule has 0 bridgehead atoms. The number of hydrogen-bond donors (Lipinski definition) is 2. The summed E-state index contributed by atoms with van der Waals surface area (Å²) in [7, 11) is 0. The molecule has 1 heterocycles. The van der Waals surface area contributed by atoms with Crippen molar-refractivity contribution in [2.75, 3.05) is 0 Å². The average molecular weight is 127 g/mol. The van der Waals surface area contributed by atoms with Crippen molar-refractivity contribution in [1.29, 1.82) is 0 Å². The molecule has 1 aromatic rings. The highest BCUT2D eigenvalue weighted by atomic mass is 32.1. The topological polar surface area (TPSA) is 36.0 Å². The van der Waals surface area contributed by atoms with Gasteiger partial charge in [-0.2, -0.15) is 0 Å². The van der Waals surface area contributed by atoms with Crippen LogP contribution in [-0.2, 0) is 0 Å². The normalized spacial score (nSPS) is 9.00. The Morgan fingerprint density at radius 1 is 1.62 bits per heavy atom. The molecule has 42 valence electrons. The van der Waals surface area contributed by atoms with Gasteiger partial charge in [-0.05, 0) is 6.07 Å². The maximum Gasteiger partial charge on any atom is 0.119 e. The van der Waals surface area contributed by atoms with Crippen molar-refractivity contribution in [3.05, 3.63) is 23.0 Å². The summed E-state index contributed by atoms with van der Waals surface area (Å²) in [5.41, 5.74) is 0. The minimum Gasteiger partial charge on any atom is -0.508 e. The highest BCUT2D eigenvalue weighted by molar-refractivity contribution is 7.71. The third-order valence-electron chi connectivity index (χ3n) is 0.759. The zero-order chi connectivity index (χ0) is 5.98. The van der Waals surface area contributed by atoms with E-state index in [1.165, 1.54) is 12.1 Å². The summed E-state index contributed by atoms with van der Waals surface area (Å²) in [5, 5.41) is 8.73. The van der Waals surface area contributed by atoms with Crippen LogP contribution in [0.5, 0.6) is 5.75 Å². The number of pyridine rings is 1. The van der Waals surface area contributed by atoms with E-state index in [4.69, 9.17) is 5.11 Å². The van der Waals surface area contributed by atoms with E-state index in [1.54, 1.807) is 6.20 Å². The van der Waals surface area contributed by atoms with Crippen LogP contribution < -0.4 is 0 Å². The van der Waals surface area contributed by atoms with Crippen molar-refractivity contribution in [2.45, 2.75) is 0 Å². The monoisotopic (exact) mass is 127 g/mol. The van der Waals surface area contributed by atoms with Crippen molar-refractivity contribution < 1.29 is 5.11 Å². The van der Waals surface area contributed by atoms with Crippen LogP contribution in [0, 0.1) is 4.64 Å². The molecule has 0 amide bonds. The van der Waals surface area contributed by atoms with E-state index in [9.17, 15) is 0 Å². The number of nitrogens with one attached hydrogen (secondary N) is 1. The number of hydrogen-bond acceptors (Lipinski definition) is 2. The first-order valence-electron chi connectivity index (χ1n) is 2.17. The predicted octanol–water partition coefficient (Wildman–Crippen LogP) is 1.45. The van der Waals surface area contributed by atoms with E-state index in [-0.39, 0.29) is 5.75 Å². The van der Waals surface area contributed by atoms with Crippen LogP contribution in [0.3, 0.4) is 0 Å². The quantitative estimate of drug-likeness (QED) is 0.517. The Hall–Kier alpha value is -0.830. The predicted molar refractivity (Wildman–Crippen MR) is 33.3 cm³/mol. The number of rotatable bonds is 0. The molecule has 3 heteroatoms. The molecule has 2 N–H and O–H groups in total. The van der Waals surface area contributed by atoms with Gasteiger partial charge in [0.05, 0.1) is 0 Å². The summed E-state index contributed by atoms with van der Waals surface area (Å²) in [5.74, 6) is 0.203. The smallest absolute Gasteiger partial charge is 0.119 e. The van der Waals surface area contributed by atoms with Crippen LogP contribution in [0.2, 0.25) is 0 Å². The lowest BCUT2D eigenvalue weighted by atomic mass is 10.5. The molecule has 0 spiro atoms. The second kappa shape index (κ2) is 1.96. The van der Waals surface area contributed by atoms with Crippen LogP contribution in [0.1, 0.15) is 0 Å². The van der Waals surface area contributed by atoms with Crippen molar-refractivity contribution in [1.82, 2.24) is 4.98 Å². The van der Waals surface area contributed by atoms with E-state index in [0.29, 0.717) is 4.64 Å². The molecule has 0 saturated carbocycles. The fourth-order valence-electron chi connectivity index (χ4n) is 0.433. The SMILES string of the molecule is Oc1cc[nH]c(=S)c1. The van der Waals surface area contributed by atoms with Crippen LogP contribution in [0.4, 0.5) is 0 Å². The molecule has 1 rings (SSSR count). The van der Waals surface area contributed by atoms with Crippen molar-refractivity contribution in [2.24, 2.45) is 0 Å². The van der Waals surface area contributed by atoms with Gasteiger partial charge < -0.3 is 10.1 Å². The van der Waals surface area contributed by atoms with E-state index in [0.717, 1.165) is 0 Å². The summed E-state index contributed by atoms with van der Waals surface area (Å²) in [6.45, 7) is 0. The van der Waals surface area contributed by atoms with Gasteiger partial charge in [0.15, 0.2) is 0 Å². The lowest BCUT2D eigenvalue weighted by molar-refractivity contribution is 0.474. The van der Waals surface area contributed by atoms with Gasteiger partial charge in [-0.25, -0.2) is 0 Å². The Morgan fingerprint density at radius 3 is 2.75 bits per heavy atom. The molecule has 0 radical (unpaired) electrons. The minimum atomic E-state index is 0.203. The summed E-state index contributed by atoms with van der Waals surface area (Å²) in [4.78, 5) is 2.73. The maximum atomic E-state index is 8.73. The first-order chi connectivity index (χ1) is 3.79. The third kappa shape index (κ3) is 1.07. The molecule has 8 heavy (non-hydrogen) atoms. The first-order valence-corrected chi connectivity index (χ1v) is 2.57. The van der Waals surface area contributed by atoms with Crippen LogP contribution in [0.15, 0.2) is 18.3 Å². The van der Waals surface area contributed by atoms with Crippen molar-refractivity contribution >= 4 is 12.2 Å². The van der Waals surface area contributed by atoms with Crippen LogP contribution in [0.25, 0.3) is 0 Å². The maximum absolute atomic E-state index is 8.73. The van der Waals surface area contributed by atoms with Crippen molar-refractivity contribution in [3.8, 4) is 5.75 Å². The van der Waals surface area contributed by atoms with Crippen LogP contribution in [-0.4, -0.2) is 10.1 Å². The third-order valence-corrected chi connectivity index (χ3v) is 0.994. The van der Waals surface area contributed by atoms with E-state index in [1.807, 2.05) is 0 Å². The van der Waals surface area contributed by atoms with Crippen LogP contribution >= 0.6 is 12.2 Å². The lowest BCUT2D eigenvalue weighted by Gasteiger charge is -1.85. The van der Waals surface area contributed by atoms with E-state index in [2.05, 4.69) is 17.2 Å². The van der Waals surface area contributed by atoms with E-state index < -0.39 is 0 Å². The Bertz CT molecular complexity index is 230. The van der Waals surface area contributed by atoms with Gasteiger partial charge >= 0.3 is 0 Å². The Morgan fingerprint density at radius 2 is 2.38 bits per heavy atom. The van der Waals surface area contributed by atoms with Gasteiger partial charge in [-0.15, -0.1) is 0 Å². The fraction of sp³-hybridized carbons (Fsp3) is 0. The summed E-state index contributed by atoms with van der Waals surface area (Å²) in [6, 6.07) is 3.02. The van der Waals surface area contributed by atoms with E-state index >= 15 is 0 Å². The fourth-order valence-corrected chi connectivity index (χ4v) is 0.622. The molecule has 2 nitrogen and oxygen atoms in total. The Balaban J connectivity index is 3.28. The molecule has 0 aliphatic heterocycles. The average Bonchev–Trinajstić information content (AvgIpc) is 1.64. The molecule has 0 aliphatic rings. The highest BCUT2D eigenvalue weighted by Gasteiger charge is 1.79. The van der Waals surface area contributed by atoms with Gasteiger partial charge in [0.1, 0.15) is 10.4 Å². The zero-order valence-electron chi connectivity index (χ0n) is 4.09. The Kier molecular flexibility index (Phi) is 1.30. The van der Waals surface area contributed by atoms with Crippen molar-refractivity contribution in [3.63, 3.8) is 0 Å². The second-order valence-corrected chi connectivity index (χ2v) is 1.85. The molecule has 0 unspecified atom stereocenters. The number of aromatic nitrogens is 1. The lowest BCUT2D eigenvalue weighted by Crippen LogP contribution is -1.68.